The smallest absolute Gasteiger partial charge is 0.258 e. The number of ether oxygens (including phenoxy) is 2. The van der Waals surface area contributed by atoms with Crippen LogP contribution in [0.5, 0.6) is 11.5 Å². The summed E-state index contributed by atoms with van der Waals surface area (Å²) in [6, 6.07) is 11.3. The predicted octanol–water partition coefficient (Wildman–Crippen LogP) is 3.41. The van der Waals surface area contributed by atoms with Crippen molar-refractivity contribution in [3.63, 3.8) is 0 Å². The predicted molar refractivity (Wildman–Crippen MR) is 111 cm³/mol. The van der Waals surface area contributed by atoms with Crippen molar-refractivity contribution in [3.05, 3.63) is 59.4 Å². The summed E-state index contributed by atoms with van der Waals surface area (Å²) < 4.78 is 24.8. The van der Waals surface area contributed by atoms with Crippen LogP contribution in [0.25, 0.3) is 0 Å². The summed E-state index contributed by atoms with van der Waals surface area (Å²) in [5.74, 6) is 0.825. The molecule has 7 heteroatoms. The van der Waals surface area contributed by atoms with Crippen LogP contribution in [0.4, 0.5) is 4.39 Å². The number of methoxy groups -OCH3 is 1. The first kappa shape index (κ1) is 19.8. The molecule has 3 saturated carbocycles. The first-order chi connectivity index (χ1) is 15.0. The van der Waals surface area contributed by atoms with Crippen LogP contribution in [-0.4, -0.2) is 24.6 Å². The molecule has 1 spiro atoms. The van der Waals surface area contributed by atoms with E-state index in [4.69, 9.17) is 9.47 Å². The van der Waals surface area contributed by atoms with Crippen molar-refractivity contribution in [1.82, 2.24) is 10.6 Å². The van der Waals surface area contributed by atoms with Crippen molar-refractivity contribution in [3.8, 4) is 11.5 Å². The van der Waals surface area contributed by atoms with E-state index in [1.165, 1.54) is 12.1 Å². The zero-order valence-corrected chi connectivity index (χ0v) is 17.3. The minimum atomic E-state index is -0.771. The van der Waals surface area contributed by atoms with Crippen molar-refractivity contribution < 1.29 is 23.5 Å². The molecule has 3 aliphatic carbocycles. The van der Waals surface area contributed by atoms with Crippen molar-refractivity contribution in [2.24, 2.45) is 17.8 Å². The number of amides is 2. The summed E-state index contributed by atoms with van der Waals surface area (Å²) in [5, 5.41) is 6.11. The molecule has 4 aliphatic rings. The molecule has 162 valence electrons. The summed E-state index contributed by atoms with van der Waals surface area (Å²) in [4.78, 5) is 25.7. The number of halogens is 1. The maximum Gasteiger partial charge on any atom is 0.258 e. The summed E-state index contributed by atoms with van der Waals surface area (Å²) >= 11 is 0. The van der Waals surface area contributed by atoms with Gasteiger partial charge in [-0.05, 0) is 55.0 Å². The quantitative estimate of drug-likeness (QED) is 0.789. The van der Waals surface area contributed by atoms with E-state index >= 15 is 0 Å². The maximum atomic E-state index is 13.1. The van der Waals surface area contributed by atoms with E-state index in [1.54, 1.807) is 37.4 Å². The fourth-order valence-corrected chi connectivity index (χ4v) is 5.36. The van der Waals surface area contributed by atoms with Gasteiger partial charge in [-0.25, -0.2) is 4.39 Å². The van der Waals surface area contributed by atoms with Gasteiger partial charge < -0.3 is 20.1 Å². The molecule has 1 aliphatic heterocycles. The zero-order valence-electron chi connectivity index (χ0n) is 17.3. The van der Waals surface area contributed by atoms with Gasteiger partial charge in [0.25, 0.3) is 5.91 Å². The van der Waals surface area contributed by atoms with Crippen LogP contribution in [-0.2, 0) is 11.3 Å². The molecule has 4 atom stereocenters. The number of fused-ring (bicyclic) bond motifs is 3. The number of hydrogen-bond acceptors (Lipinski definition) is 4. The molecule has 2 amide bonds. The molecule has 6 rings (SSSR count). The van der Waals surface area contributed by atoms with Crippen LogP contribution in [0.15, 0.2) is 42.5 Å². The second-order valence-electron chi connectivity index (χ2n) is 8.73. The lowest BCUT2D eigenvalue weighted by Crippen LogP contribution is -2.66. The number of rotatable bonds is 4. The molecule has 0 saturated heterocycles. The Labute approximate surface area is 180 Å². The number of carbonyl (C=O) groups is 2. The van der Waals surface area contributed by atoms with E-state index in [0.29, 0.717) is 36.4 Å². The van der Waals surface area contributed by atoms with Crippen LogP contribution >= 0.6 is 0 Å². The normalized spacial score (nSPS) is 28.5. The van der Waals surface area contributed by atoms with E-state index in [-0.39, 0.29) is 35.4 Å². The van der Waals surface area contributed by atoms with E-state index in [0.717, 1.165) is 18.4 Å². The third-order valence-corrected chi connectivity index (χ3v) is 6.99. The van der Waals surface area contributed by atoms with Crippen molar-refractivity contribution in [1.29, 1.82) is 0 Å². The Kier molecular flexibility index (Phi) is 4.84. The highest BCUT2D eigenvalue weighted by Gasteiger charge is 2.57. The minimum Gasteiger partial charge on any atom is -0.497 e. The molecule has 0 unspecified atom stereocenters. The Morgan fingerprint density at radius 1 is 1.26 bits per heavy atom. The first-order valence-corrected chi connectivity index (χ1v) is 10.7. The van der Waals surface area contributed by atoms with Gasteiger partial charge >= 0.3 is 0 Å². The lowest BCUT2D eigenvalue weighted by atomic mass is 9.60. The SMILES string of the molecule is COc1ccc2c(c1)O[C@@]1(C[C@H]3CC[C@H]1C[C@H]3C(=O)NCc1ccc(F)cc1)NC2=O. The summed E-state index contributed by atoms with van der Waals surface area (Å²) in [6.45, 7) is 0.374. The van der Waals surface area contributed by atoms with Crippen molar-refractivity contribution in [2.45, 2.75) is 38.0 Å². The Balaban J connectivity index is 1.30. The summed E-state index contributed by atoms with van der Waals surface area (Å²) in [6.07, 6.45) is 3.12. The van der Waals surface area contributed by atoms with E-state index in [9.17, 15) is 14.0 Å². The van der Waals surface area contributed by atoms with Gasteiger partial charge in [-0.15, -0.1) is 0 Å². The highest BCUT2D eigenvalue weighted by Crippen LogP contribution is 2.52. The van der Waals surface area contributed by atoms with Gasteiger partial charge in [0.15, 0.2) is 5.72 Å². The molecule has 2 aromatic rings. The molecule has 31 heavy (non-hydrogen) atoms. The van der Waals surface area contributed by atoms with Crippen LogP contribution in [0.3, 0.4) is 0 Å². The molecule has 0 aromatic heterocycles. The fraction of sp³-hybridized carbons (Fsp3) is 0.417. The Morgan fingerprint density at radius 2 is 2.06 bits per heavy atom. The van der Waals surface area contributed by atoms with Crippen LogP contribution < -0.4 is 20.1 Å². The molecule has 6 nitrogen and oxygen atoms in total. The molecular formula is C24H25FN2O4. The monoisotopic (exact) mass is 424 g/mol. The average molecular weight is 424 g/mol. The Bertz CT molecular complexity index is 1020. The second kappa shape index (κ2) is 7.55. The number of benzene rings is 2. The summed E-state index contributed by atoms with van der Waals surface area (Å²) in [7, 11) is 1.58. The minimum absolute atomic E-state index is 0.0121. The number of carbonyl (C=O) groups excluding carboxylic acids is 2. The van der Waals surface area contributed by atoms with E-state index in [2.05, 4.69) is 10.6 Å². The highest BCUT2D eigenvalue weighted by molar-refractivity contribution is 5.98. The van der Waals surface area contributed by atoms with E-state index in [1.807, 2.05) is 0 Å². The molecule has 0 radical (unpaired) electrons. The molecule has 2 N–H and O–H groups in total. The molecule has 1 heterocycles. The van der Waals surface area contributed by atoms with Crippen molar-refractivity contribution >= 4 is 11.8 Å². The molecular weight excluding hydrogens is 399 g/mol. The molecule has 3 fully saturated rings. The average Bonchev–Trinajstić information content (AvgIpc) is 2.78. The number of hydrogen-bond donors (Lipinski definition) is 2. The van der Waals surface area contributed by atoms with Crippen molar-refractivity contribution in [2.75, 3.05) is 7.11 Å². The molecule has 2 bridgehead atoms. The van der Waals surface area contributed by atoms with Gasteiger partial charge in [-0.1, -0.05) is 12.1 Å². The number of nitrogens with one attached hydrogen (secondary N) is 2. The van der Waals surface area contributed by atoms with Crippen LogP contribution in [0.2, 0.25) is 0 Å². The van der Waals surface area contributed by atoms with E-state index < -0.39 is 5.72 Å². The van der Waals surface area contributed by atoms with Crippen LogP contribution in [0, 0.1) is 23.6 Å². The van der Waals surface area contributed by atoms with Gasteiger partial charge in [0.1, 0.15) is 17.3 Å². The van der Waals surface area contributed by atoms with Gasteiger partial charge in [-0.3, -0.25) is 9.59 Å². The maximum absolute atomic E-state index is 13.1. The van der Waals surface area contributed by atoms with Gasteiger partial charge in [0.05, 0.1) is 12.7 Å². The van der Waals surface area contributed by atoms with Crippen LogP contribution in [0.1, 0.15) is 41.6 Å². The Hall–Kier alpha value is -3.09. The lowest BCUT2D eigenvalue weighted by molar-refractivity contribution is -0.146. The third-order valence-electron chi connectivity index (χ3n) is 6.99. The van der Waals surface area contributed by atoms with Gasteiger partial charge in [0, 0.05) is 30.9 Å². The second-order valence-corrected chi connectivity index (χ2v) is 8.73. The zero-order chi connectivity index (χ0) is 21.6. The van der Waals surface area contributed by atoms with Gasteiger partial charge in [-0.2, -0.15) is 0 Å². The summed E-state index contributed by atoms with van der Waals surface area (Å²) in [5.41, 5.74) is 0.592. The van der Waals surface area contributed by atoms with Gasteiger partial charge in [0.2, 0.25) is 5.91 Å². The molecule has 2 aromatic carbocycles. The standard InChI is InChI=1S/C24H25FN2O4/c1-30-18-8-9-19-21(11-18)31-24(27-23(19)29)12-15-4-5-16(24)10-20(15)22(28)26-13-14-2-6-17(25)7-3-14/h2-3,6-9,11,15-16,20H,4-5,10,12-13H2,1H3,(H,26,28)(H,27,29)/t15-,16+,20-,24-/m1/s1. The third kappa shape index (κ3) is 3.52. The first-order valence-electron chi connectivity index (χ1n) is 10.7. The highest BCUT2D eigenvalue weighted by atomic mass is 19.1. The lowest BCUT2D eigenvalue weighted by Gasteiger charge is -2.55. The fourth-order valence-electron chi connectivity index (χ4n) is 5.36. The largest absolute Gasteiger partial charge is 0.497 e. The topological polar surface area (TPSA) is 76.7 Å². The Morgan fingerprint density at radius 3 is 2.77 bits per heavy atom.